The molecule has 3 rings (SSSR count). The molecule has 2 aromatic heterocycles. The van der Waals surface area contributed by atoms with Gasteiger partial charge in [-0.1, -0.05) is 17.8 Å². The Labute approximate surface area is 179 Å². The van der Waals surface area contributed by atoms with Gasteiger partial charge in [-0.2, -0.15) is 5.26 Å². The van der Waals surface area contributed by atoms with E-state index in [9.17, 15) is 4.79 Å². The number of anilines is 1. The monoisotopic (exact) mass is 424 g/mol. The van der Waals surface area contributed by atoms with Gasteiger partial charge in [0.1, 0.15) is 15.7 Å². The lowest BCUT2D eigenvalue weighted by molar-refractivity contribution is -0.116. The maximum atomic E-state index is 13.1. The van der Waals surface area contributed by atoms with E-state index in [1.165, 1.54) is 22.2 Å². The summed E-state index contributed by atoms with van der Waals surface area (Å²) in [5.74, 6) is 0.951. The third-order valence-corrected chi connectivity index (χ3v) is 6.77. The molecule has 0 fully saturated rings. The van der Waals surface area contributed by atoms with Crippen molar-refractivity contribution in [3.05, 3.63) is 45.6 Å². The van der Waals surface area contributed by atoms with Crippen molar-refractivity contribution in [2.45, 2.75) is 46.1 Å². The smallest absolute Gasteiger partial charge is 0.237 e. The van der Waals surface area contributed by atoms with Gasteiger partial charge in [0, 0.05) is 22.5 Å². The van der Waals surface area contributed by atoms with Gasteiger partial charge >= 0.3 is 0 Å². The zero-order valence-corrected chi connectivity index (χ0v) is 19.0. The zero-order chi connectivity index (χ0) is 21.1. The van der Waals surface area contributed by atoms with Gasteiger partial charge in [0.15, 0.2) is 0 Å². The summed E-state index contributed by atoms with van der Waals surface area (Å²) in [6.45, 7) is 10.5. The van der Waals surface area contributed by atoms with E-state index >= 15 is 0 Å². The Hall–Kier alpha value is -2.43. The van der Waals surface area contributed by atoms with Gasteiger partial charge in [-0.15, -0.1) is 11.3 Å². The number of carbonyl (C=O) groups is 1. The lowest BCUT2D eigenvalue weighted by Crippen LogP contribution is -2.33. The standard InChI is InChI=1S/C22H24N4OS2/c1-13-9-14(2)11-18(10-13)26(8-6-7-23)19(27)12-28-21-20-15(3)16(4)29-22(20)25-17(5)24-21/h9-11H,6,8,12H2,1-5H3. The van der Waals surface area contributed by atoms with Crippen LogP contribution in [0.5, 0.6) is 0 Å². The summed E-state index contributed by atoms with van der Waals surface area (Å²) < 4.78 is 0. The number of rotatable bonds is 6. The average Bonchev–Trinajstić information content (AvgIpc) is 2.93. The van der Waals surface area contributed by atoms with Crippen molar-refractivity contribution in [2.75, 3.05) is 17.2 Å². The SMILES string of the molecule is Cc1cc(C)cc(N(CCC#N)C(=O)CSc2nc(C)nc3sc(C)c(C)c23)c1. The molecule has 0 unspecified atom stereocenters. The molecule has 29 heavy (non-hydrogen) atoms. The number of benzene rings is 1. The van der Waals surface area contributed by atoms with E-state index in [0.29, 0.717) is 18.8 Å². The molecule has 0 saturated heterocycles. The van der Waals surface area contributed by atoms with Crippen molar-refractivity contribution in [1.82, 2.24) is 9.97 Å². The van der Waals surface area contributed by atoms with Crippen LogP contribution in [-0.4, -0.2) is 28.2 Å². The summed E-state index contributed by atoms with van der Waals surface area (Å²) >= 11 is 3.11. The fourth-order valence-electron chi connectivity index (χ4n) is 3.29. The normalized spacial score (nSPS) is 10.9. The number of nitrogens with zero attached hydrogens (tertiary/aromatic N) is 4. The van der Waals surface area contributed by atoms with Crippen molar-refractivity contribution in [2.24, 2.45) is 0 Å². The van der Waals surface area contributed by atoms with Crippen molar-refractivity contribution in [3.63, 3.8) is 0 Å². The third-order valence-electron chi connectivity index (χ3n) is 4.71. The molecule has 7 heteroatoms. The number of amides is 1. The molecular formula is C22H24N4OS2. The lowest BCUT2D eigenvalue weighted by atomic mass is 10.1. The Bertz CT molecular complexity index is 1090. The van der Waals surface area contributed by atoms with Crippen LogP contribution in [0.15, 0.2) is 23.2 Å². The van der Waals surface area contributed by atoms with E-state index in [0.717, 1.165) is 32.1 Å². The number of hydrogen-bond acceptors (Lipinski definition) is 6. The first-order chi connectivity index (χ1) is 13.8. The van der Waals surface area contributed by atoms with Crippen LogP contribution in [0.25, 0.3) is 10.2 Å². The predicted molar refractivity (Wildman–Crippen MR) is 121 cm³/mol. The molecule has 0 aliphatic carbocycles. The molecule has 1 aromatic carbocycles. The number of aryl methyl sites for hydroxylation is 5. The zero-order valence-electron chi connectivity index (χ0n) is 17.4. The minimum absolute atomic E-state index is 0.0238. The number of thioether (sulfide) groups is 1. The van der Waals surface area contributed by atoms with Crippen LogP contribution in [-0.2, 0) is 4.79 Å². The van der Waals surface area contributed by atoms with Crippen molar-refractivity contribution in [1.29, 1.82) is 5.26 Å². The van der Waals surface area contributed by atoms with E-state index in [4.69, 9.17) is 5.26 Å². The third kappa shape index (κ3) is 4.77. The summed E-state index contributed by atoms with van der Waals surface area (Å²) in [5.41, 5.74) is 4.21. The van der Waals surface area contributed by atoms with Gasteiger partial charge in [-0.05, 0) is 63.4 Å². The second kappa shape index (κ2) is 8.93. The van der Waals surface area contributed by atoms with Crippen LogP contribution in [0.3, 0.4) is 0 Å². The van der Waals surface area contributed by atoms with Gasteiger partial charge in [0.2, 0.25) is 5.91 Å². The van der Waals surface area contributed by atoms with Gasteiger partial charge in [-0.25, -0.2) is 9.97 Å². The molecular weight excluding hydrogens is 400 g/mol. The number of carbonyl (C=O) groups excluding carboxylic acids is 1. The van der Waals surface area contributed by atoms with E-state index in [2.05, 4.69) is 36.0 Å². The number of fused-ring (bicyclic) bond motifs is 1. The first-order valence-corrected chi connectivity index (χ1v) is 11.2. The Morgan fingerprint density at radius 1 is 1.14 bits per heavy atom. The molecule has 1 amide bonds. The summed E-state index contributed by atoms with van der Waals surface area (Å²) in [4.78, 5) is 26.2. The molecule has 0 bridgehead atoms. The molecule has 0 saturated carbocycles. The van der Waals surface area contributed by atoms with Gasteiger partial charge in [0.25, 0.3) is 0 Å². The number of hydrogen-bond donors (Lipinski definition) is 0. The Balaban J connectivity index is 1.87. The van der Waals surface area contributed by atoms with Gasteiger partial charge < -0.3 is 4.90 Å². The highest BCUT2D eigenvalue weighted by molar-refractivity contribution is 8.00. The molecule has 2 heterocycles. The highest BCUT2D eigenvalue weighted by Gasteiger charge is 2.19. The largest absolute Gasteiger partial charge is 0.311 e. The minimum Gasteiger partial charge on any atom is -0.311 e. The van der Waals surface area contributed by atoms with Crippen LogP contribution >= 0.6 is 23.1 Å². The highest BCUT2D eigenvalue weighted by Crippen LogP contribution is 2.35. The summed E-state index contributed by atoms with van der Waals surface area (Å²) in [6, 6.07) is 8.21. The average molecular weight is 425 g/mol. The van der Waals surface area contributed by atoms with E-state index in [-0.39, 0.29) is 11.7 Å². The van der Waals surface area contributed by atoms with Crippen LogP contribution in [0.1, 0.15) is 33.8 Å². The quantitative estimate of drug-likeness (QED) is 0.398. The molecule has 150 valence electrons. The van der Waals surface area contributed by atoms with Crippen molar-refractivity contribution in [3.8, 4) is 6.07 Å². The number of nitriles is 1. The van der Waals surface area contributed by atoms with Crippen LogP contribution in [0.4, 0.5) is 5.69 Å². The summed E-state index contributed by atoms with van der Waals surface area (Å²) in [5, 5.41) is 10.9. The Morgan fingerprint density at radius 2 is 1.83 bits per heavy atom. The van der Waals surface area contributed by atoms with Crippen LogP contribution in [0.2, 0.25) is 0 Å². The van der Waals surface area contributed by atoms with Crippen molar-refractivity contribution >= 4 is 44.9 Å². The maximum Gasteiger partial charge on any atom is 0.237 e. The second-order valence-electron chi connectivity index (χ2n) is 7.13. The first kappa shape index (κ1) is 21.3. The van der Waals surface area contributed by atoms with Crippen LogP contribution in [0, 0.1) is 45.9 Å². The topological polar surface area (TPSA) is 69.9 Å². The predicted octanol–water partition coefficient (Wildman–Crippen LogP) is 5.27. The molecule has 0 N–H and O–H groups in total. The Kier molecular flexibility index (Phi) is 6.56. The fourth-order valence-corrected chi connectivity index (χ4v) is 5.44. The molecule has 3 aromatic rings. The molecule has 0 atom stereocenters. The number of aromatic nitrogens is 2. The number of thiophene rings is 1. The molecule has 0 spiro atoms. The van der Waals surface area contributed by atoms with E-state index in [1.54, 1.807) is 16.2 Å². The van der Waals surface area contributed by atoms with Crippen LogP contribution < -0.4 is 4.90 Å². The minimum atomic E-state index is -0.0238. The van der Waals surface area contributed by atoms with Gasteiger partial charge in [0.05, 0.1) is 18.2 Å². The lowest BCUT2D eigenvalue weighted by Gasteiger charge is -2.22. The molecule has 0 aliphatic rings. The van der Waals surface area contributed by atoms with E-state index in [1.807, 2.05) is 32.9 Å². The second-order valence-corrected chi connectivity index (χ2v) is 9.29. The van der Waals surface area contributed by atoms with Gasteiger partial charge in [-0.3, -0.25) is 4.79 Å². The summed E-state index contributed by atoms with van der Waals surface area (Å²) in [6.07, 6.45) is 0.295. The first-order valence-electron chi connectivity index (χ1n) is 9.43. The fraction of sp³-hybridized carbons (Fsp3) is 0.364. The molecule has 5 nitrogen and oxygen atoms in total. The molecule has 0 aliphatic heterocycles. The highest BCUT2D eigenvalue weighted by atomic mass is 32.2. The Morgan fingerprint density at radius 3 is 2.48 bits per heavy atom. The summed E-state index contributed by atoms with van der Waals surface area (Å²) in [7, 11) is 0. The maximum absolute atomic E-state index is 13.1. The molecule has 0 radical (unpaired) electrons. The van der Waals surface area contributed by atoms with E-state index < -0.39 is 0 Å². The van der Waals surface area contributed by atoms with Crippen molar-refractivity contribution < 1.29 is 4.79 Å².